The van der Waals surface area contributed by atoms with Crippen LogP contribution in [0.25, 0.3) is 5.70 Å². The van der Waals surface area contributed by atoms with Crippen molar-refractivity contribution in [3.8, 4) is 0 Å². The second-order valence-electron chi connectivity index (χ2n) is 2.51. The Balaban J connectivity index is 2.30. The lowest BCUT2D eigenvalue weighted by Crippen LogP contribution is -1.73. The molecule has 2 heterocycles. The van der Waals surface area contributed by atoms with Crippen LogP contribution < -0.4 is 0 Å². The molecule has 1 nitrogen and oxygen atoms in total. The molecule has 0 bridgehead atoms. The van der Waals surface area contributed by atoms with Gasteiger partial charge in [-0.3, -0.25) is 4.99 Å². The summed E-state index contributed by atoms with van der Waals surface area (Å²) in [5.74, 6) is 0. The maximum Gasteiger partial charge on any atom is 0.0764 e. The molecule has 0 unspecified atom stereocenters. The SMILES string of the molecule is C1=CCC=C(c2cccs2)N=C1. The quantitative estimate of drug-likeness (QED) is 0.622. The Bertz CT molecular complexity index is 331. The van der Waals surface area contributed by atoms with Crippen molar-refractivity contribution in [2.75, 3.05) is 0 Å². The Hall–Kier alpha value is -1.15. The van der Waals surface area contributed by atoms with E-state index in [0.29, 0.717) is 0 Å². The topological polar surface area (TPSA) is 12.4 Å². The van der Waals surface area contributed by atoms with E-state index in [1.54, 1.807) is 11.3 Å². The highest BCUT2D eigenvalue weighted by atomic mass is 32.1. The number of hydrogen-bond acceptors (Lipinski definition) is 2. The molecule has 60 valence electrons. The number of hydrogen-bond donors (Lipinski definition) is 0. The number of aliphatic imine (C=N–C) groups is 1. The van der Waals surface area contributed by atoms with Gasteiger partial charge in [0.05, 0.1) is 10.6 Å². The van der Waals surface area contributed by atoms with E-state index >= 15 is 0 Å². The Kier molecular flexibility index (Phi) is 2.19. The molecule has 0 aromatic carbocycles. The van der Waals surface area contributed by atoms with Crippen molar-refractivity contribution < 1.29 is 0 Å². The Morgan fingerprint density at radius 3 is 3.25 bits per heavy atom. The van der Waals surface area contributed by atoms with Crippen molar-refractivity contribution in [2.24, 2.45) is 4.99 Å². The molecule has 0 saturated heterocycles. The van der Waals surface area contributed by atoms with Gasteiger partial charge in [0.15, 0.2) is 0 Å². The molecular weight excluding hydrogens is 166 g/mol. The predicted molar refractivity (Wildman–Crippen MR) is 54.5 cm³/mol. The van der Waals surface area contributed by atoms with Crippen LogP contribution in [-0.4, -0.2) is 6.21 Å². The zero-order chi connectivity index (χ0) is 8.23. The zero-order valence-corrected chi connectivity index (χ0v) is 7.42. The largest absolute Gasteiger partial charge is 0.256 e. The van der Waals surface area contributed by atoms with Crippen LogP contribution in [0.5, 0.6) is 0 Å². The van der Waals surface area contributed by atoms with Crippen LogP contribution in [0.3, 0.4) is 0 Å². The zero-order valence-electron chi connectivity index (χ0n) is 6.60. The number of allylic oxidation sites excluding steroid dienone is 3. The molecule has 0 amide bonds. The first-order valence-electron chi connectivity index (χ1n) is 3.90. The summed E-state index contributed by atoms with van der Waals surface area (Å²) in [6.45, 7) is 0. The van der Waals surface area contributed by atoms with E-state index in [0.717, 1.165) is 12.1 Å². The van der Waals surface area contributed by atoms with Crippen molar-refractivity contribution in [1.82, 2.24) is 0 Å². The highest BCUT2D eigenvalue weighted by Gasteiger charge is 1.99. The first-order chi connectivity index (χ1) is 5.97. The second-order valence-corrected chi connectivity index (χ2v) is 3.46. The molecule has 0 atom stereocenters. The third kappa shape index (κ3) is 1.53. The van der Waals surface area contributed by atoms with Gasteiger partial charge in [0.1, 0.15) is 0 Å². The van der Waals surface area contributed by atoms with Crippen molar-refractivity contribution in [3.05, 3.63) is 40.6 Å². The maximum atomic E-state index is 4.33. The van der Waals surface area contributed by atoms with Crippen molar-refractivity contribution >= 4 is 23.2 Å². The van der Waals surface area contributed by atoms with Gasteiger partial charge in [-0.05, 0) is 23.9 Å². The summed E-state index contributed by atoms with van der Waals surface area (Å²) < 4.78 is 0. The van der Waals surface area contributed by atoms with Crippen LogP contribution in [0, 0.1) is 0 Å². The average Bonchev–Trinajstić information content (AvgIpc) is 2.48. The predicted octanol–water partition coefficient (Wildman–Crippen LogP) is 3.12. The lowest BCUT2D eigenvalue weighted by Gasteiger charge is -1.93. The van der Waals surface area contributed by atoms with E-state index in [2.05, 4.69) is 34.7 Å². The molecule has 2 rings (SSSR count). The van der Waals surface area contributed by atoms with Crippen molar-refractivity contribution in [1.29, 1.82) is 0 Å². The van der Waals surface area contributed by atoms with E-state index in [1.165, 1.54) is 4.88 Å². The lowest BCUT2D eigenvalue weighted by molar-refractivity contribution is 1.40. The smallest absolute Gasteiger partial charge is 0.0764 e. The van der Waals surface area contributed by atoms with E-state index in [-0.39, 0.29) is 0 Å². The monoisotopic (exact) mass is 175 g/mol. The summed E-state index contributed by atoms with van der Waals surface area (Å²) in [7, 11) is 0. The van der Waals surface area contributed by atoms with Crippen LogP contribution in [0.2, 0.25) is 0 Å². The summed E-state index contributed by atoms with van der Waals surface area (Å²) in [6, 6.07) is 4.15. The minimum absolute atomic E-state index is 0.979. The van der Waals surface area contributed by atoms with Gasteiger partial charge in [-0.1, -0.05) is 18.2 Å². The average molecular weight is 175 g/mol. The van der Waals surface area contributed by atoms with Gasteiger partial charge in [0.25, 0.3) is 0 Å². The molecule has 1 aliphatic rings. The molecule has 12 heavy (non-hydrogen) atoms. The summed E-state index contributed by atoms with van der Waals surface area (Å²) in [6.07, 6.45) is 9.05. The third-order valence-corrected chi connectivity index (χ3v) is 2.55. The van der Waals surface area contributed by atoms with Crippen LogP contribution in [0.15, 0.2) is 40.7 Å². The number of thiophene rings is 1. The molecule has 0 N–H and O–H groups in total. The molecule has 1 aromatic heterocycles. The van der Waals surface area contributed by atoms with Gasteiger partial charge < -0.3 is 0 Å². The van der Waals surface area contributed by atoms with Gasteiger partial charge in [0.2, 0.25) is 0 Å². The van der Waals surface area contributed by atoms with Gasteiger partial charge in [-0.25, -0.2) is 0 Å². The van der Waals surface area contributed by atoms with Gasteiger partial charge in [0, 0.05) is 6.21 Å². The minimum atomic E-state index is 0.979. The molecular formula is C10H9NS. The first kappa shape index (κ1) is 7.50. The van der Waals surface area contributed by atoms with Gasteiger partial charge >= 0.3 is 0 Å². The first-order valence-corrected chi connectivity index (χ1v) is 4.78. The summed E-state index contributed by atoms with van der Waals surface area (Å²) in [5, 5.41) is 2.07. The Labute approximate surface area is 75.8 Å². The van der Waals surface area contributed by atoms with E-state index in [9.17, 15) is 0 Å². The second kappa shape index (κ2) is 3.50. The number of rotatable bonds is 1. The van der Waals surface area contributed by atoms with Gasteiger partial charge in [-0.15, -0.1) is 11.3 Å². The fraction of sp³-hybridized carbons (Fsp3) is 0.100. The highest BCUT2D eigenvalue weighted by Crippen LogP contribution is 2.22. The molecule has 0 spiro atoms. The summed E-state index contributed by atoms with van der Waals surface area (Å²) >= 11 is 1.73. The van der Waals surface area contributed by atoms with Crippen LogP contribution in [0.1, 0.15) is 11.3 Å². The van der Waals surface area contributed by atoms with Crippen molar-refractivity contribution in [2.45, 2.75) is 6.42 Å². The normalized spacial score (nSPS) is 15.8. The molecule has 0 aliphatic carbocycles. The van der Waals surface area contributed by atoms with Crippen LogP contribution in [-0.2, 0) is 0 Å². The Morgan fingerprint density at radius 1 is 1.42 bits per heavy atom. The molecule has 1 aromatic rings. The van der Waals surface area contributed by atoms with E-state index in [1.807, 2.05) is 12.3 Å². The lowest BCUT2D eigenvalue weighted by atomic mass is 10.3. The fourth-order valence-electron chi connectivity index (χ4n) is 1.08. The molecule has 0 saturated carbocycles. The maximum absolute atomic E-state index is 4.33. The Morgan fingerprint density at radius 2 is 2.42 bits per heavy atom. The summed E-state index contributed by atoms with van der Waals surface area (Å²) in [5.41, 5.74) is 1.09. The standard InChI is InChI=1S/C10H9NS/c1-2-5-9(11-7-3-1)10-6-4-8-12-10/h1,3-8H,2H2. The van der Waals surface area contributed by atoms with E-state index in [4.69, 9.17) is 0 Å². The molecule has 0 radical (unpaired) electrons. The third-order valence-electron chi connectivity index (χ3n) is 1.66. The fourth-order valence-corrected chi connectivity index (χ4v) is 1.80. The van der Waals surface area contributed by atoms with Crippen molar-refractivity contribution in [3.63, 3.8) is 0 Å². The molecule has 1 aliphatic heterocycles. The minimum Gasteiger partial charge on any atom is -0.256 e. The van der Waals surface area contributed by atoms with Crippen LogP contribution in [0.4, 0.5) is 0 Å². The highest BCUT2D eigenvalue weighted by molar-refractivity contribution is 7.11. The van der Waals surface area contributed by atoms with Gasteiger partial charge in [-0.2, -0.15) is 0 Å². The molecule has 2 heteroatoms. The van der Waals surface area contributed by atoms with E-state index < -0.39 is 0 Å². The van der Waals surface area contributed by atoms with Crippen LogP contribution >= 0.6 is 11.3 Å². The molecule has 0 fully saturated rings. The number of nitrogens with zero attached hydrogens (tertiary/aromatic N) is 1. The summed E-state index contributed by atoms with van der Waals surface area (Å²) in [4.78, 5) is 5.57.